The number of carbonyl (C=O) groups excluding carboxylic acids is 1. The van der Waals surface area contributed by atoms with Crippen LogP contribution < -0.4 is 5.73 Å². The maximum absolute atomic E-state index is 11.0. The van der Waals surface area contributed by atoms with E-state index in [9.17, 15) is 4.79 Å². The number of amides is 1. The lowest BCUT2D eigenvalue weighted by Crippen LogP contribution is -2.20. The van der Waals surface area contributed by atoms with Crippen molar-refractivity contribution in [3.8, 4) is 0 Å². The van der Waals surface area contributed by atoms with Gasteiger partial charge in [0.25, 0.3) is 0 Å². The summed E-state index contributed by atoms with van der Waals surface area (Å²) in [6.07, 6.45) is 0. The molecule has 1 aromatic carbocycles. The first kappa shape index (κ1) is 9.21. The van der Waals surface area contributed by atoms with Crippen LogP contribution >= 0.6 is 15.9 Å². The Labute approximate surface area is 88.8 Å². The number of benzene rings is 1. The molecule has 1 aromatic heterocycles. The van der Waals surface area contributed by atoms with E-state index in [1.54, 1.807) is 6.07 Å². The molecular formula is C9H7BrN3O. The van der Waals surface area contributed by atoms with Gasteiger partial charge in [0.2, 0.25) is 0 Å². The van der Waals surface area contributed by atoms with E-state index in [4.69, 9.17) is 5.73 Å². The molecule has 0 aliphatic rings. The van der Waals surface area contributed by atoms with Crippen molar-refractivity contribution in [3.05, 3.63) is 28.4 Å². The third-order valence-electron chi connectivity index (χ3n) is 1.97. The van der Waals surface area contributed by atoms with Gasteiger partial charge < -0.3 is 5.73 Å². The van der Waals surface area contributed by atoms with Crippen LogP contribution in [0.3, 0.4) is 0 Å². The molecule has 14 heavy (non-hydrogen) atoms. The molecule has 0 atom stereocenters. The highest BCUT2D eigenvalue weighted by Crippen LogP contribution is 2.21. The summed E-state index contributed by atoms with van der Waals surface area (Å²) in [5, 5.41) is 4.93. The first-order valence-corrected chi connectivity index (χ1v) is 4.75. The summed E-state index contributed by atoms with van der Waals surface area (Å²) in [6, 6.07) is 5.89. The number of nitrogens with two attached hydrogens (primary N) is 1. The SMILES string of the molecule is Cc1nn(C(N)=O)c2c[c]c(Br)cc12. The molecule has 0 fully saturated rings. The molecule has 1 radical (unpaired) electrons. The zero-order valence-electron chi connectivity index (χ0n) is 7.41. The fourth-order valence-corrected chi connectivity index (χ4v) is 1.69. The molecule has 0 bridgehead atoms. The van der Waals surface area contributed by atoms with Crippen molar-refractivity contribution in [1.29, 1.82) is 0 Å². The molecule has 0 aliphatic heterocycles. The molecule has 71 valence electrons. The lowest BCUT2D eigenvalue weighted by molar-refractivity contribution is 0.248. The van der Waals surface area contributed by atoms with Crippen molar-refractivity contribution in [2.24, 2.45) is 5.73 Å². The van der Waals surface area contributed by atoms with Gasteiger partial charge in [-0.3, -0.25) is 0 Å². The Balaban J connectivity index is 2.84. The zero-order valence-corrected chi connectivity index (χ0v) is 9.00. The maximum atomic E-state index is 11.0. The van der Waals surface area contributed by atoms with Crippen LogP contribution in [0, 0.1) is 13.0 Å². The van der Waals surface area contributed by atoms with E-state index in [2.05, 4.69) is 27.1 Å². The summed E-state index contributed by atoms with van der Waals surface area (Å²) in [7, 11) is 0. The zero-order chi connectivity index (χ0) is 10.3. The summed E-state index contributed by atoms with van der Waals surface area (Å²) >= 11 is 3.30. The van der Waals surface area contributed by atoms with Crippen molar-refractivity contribution < 1.29 is 4.79 Å². The van der Waals surface area contributed by atoms with Crippen molar-refractivity contribution >= 4 is 32.9 Å². The number of halogens is 1. The van der Waals surface area contributed by atoms with E-state index < -0.39 is 6.03 Å². The molecular weight excluding hydrogens is 246 g/mol. The smallest absolute Gasteiger partial charge is 0.340 e. The molecule has 0 saturated heterocycles. The second-order valence-electron chi connectivity index (χ2n) is 2.92. The minimum absolute atomic E-state index is 0.584. The van der Waals surface area contributed by atoms with E-state index in [0.29, 0.717) is 5.52 Å². The fourth-order valence-electron chi connectivity index (χ4n) is 1.35. The van der Waals surface area contributed by atoms with E-state index in [1.165, 1.54) is 4.68 Å². The van der Waals surface area contributed by atoms with E-state index >= 15 is 0 Å². The molecule has 1 heterocycles. The molecule has 2 N–H and O–H groups in total. The van der Waals surface area contributed by atoms with Crippen LogP contribution in [-0.2, 0) is 0 Å². The minimum Gasteiger partial charge on any atom is -0.350 e. The standard InChI is InChI=1S/C9H7BrN3O/c1-5-7-4-6(10)2-3-8(7)13(12-5)9(11)14/h3-4H,1H3,(H2,11,14). The van der Waals surface area contributed by atoms with Crippen LogP contribution in [0.25, 0.3) is 10.9 Å². The summed E-state index contributed by atoms with van der Waals surface area (Å²) in [5.74, 6) is 0. The van der Waals surface area contributed by atoms with Gasteiger partial charge in [-0.15, -0.1) is 0 Å². The number of hydrogen-bond donors (Lipinski definition) is 1. The normalized spacial score (nSPS) is 10.7. The van der Waals surface area contributed by atoms with E-state index in [1.807, 2.05) is 13.0 Å². The monoisotopic (exact) mass is 252 g/mol. The summed E-state index contributed by atoms with van der Waals surface area (Å²) in [6.45, 7) is 1.83. The Hall–Kier alpha value is -1.36. The molecule has 2 rings (SSSR count). The molecule has 5 heteroatoms. The van der Waals surface area contributed by atoms with Gasteiger partial charge >= 0.3 is 6.03 Å². The molecule has 4 nitrogen and oxygen atoms in total. The highest BCUT2D eigenvalue weighted by Gasteiger charge is 2.10. The predicted octanol–water partition coefficient (Wildman–Crippen LogP) is 1.83. The van der Waals surface area contributed by atoms with Gasteiger partial charge in [0.15, 0.2) is 0 Å². The minimum atomic E-state index is -0.584. The van der Waals surface area contributed by atoms with Crippen LogP contribution in [0.5, 0.6) is 0 Å². The third kappa shape index (κ3) is 1.29. The Morgan fingerprint density at radius 2 is 2.43 bits per heavy atom. The maximum Gasteiger partial charge on any atom is 0.340 e. The number of carbonyl (C=O) groups is 1. The predicted molar refractivity (Wildman–Crippen MR) is 56.0 cm³/mol. The van der Waals surface area contributed by atoms with E-state index in [-0.39, 0.29) is 0 Å². The topological polar surface area (TPSA) is 60.9 Å². The Morgan fingerprint density at radius 1 is 1.71 bits per heavy atom. The molecule has 2 aromatic rings. The van der Waals surface area contributed by atoms with Gasteiger partial charge in [0.1, 0.15) is 0 Å². The summed E-state index contributed by atoms with van der Waals surface area (Å²) in [5.41, 5.74) is 6.62. The number of hydrogen-bond acceptors (Lipinski definition) is 2. The van der Waals surface area contributed by atoms with Gasteiger partial charge in [0.05, 0.1) is 11.2 Å². The number of fused-ring (bicyclic) bond motifs is 1. The molecule has 0 spiro atoms. The lowest BCUT2D eigenvalue weighted by atomic mass is 10.2. The first-order chi connectivity index (χ1) is 6.59. The molecule has 0 saturated carbocycles. The van der Waals surface area contributed by atoms with Gasteiger partial charge in [-0.2, -0.15) is 9.78 Å². The Bertz CT molecular complexity index is 518. The van der Waals surface area contributed by atoms with Gasteiger partial charge in [-0.1, -0.05) is 15.9 Å². The second-order valence-corrected chi connectivity index (χ2v) is 3.77. The highest BCUT2D eigenvalue weighted by atomic mass is 79.9. The van der Waals surface area contributed by atoms with E-state index in [0.717, 1.165) is 15.6 Å². The third-order valence-corrected chi connectivity index (χ3v) is 2.43. The summed E-state index contributed by atoms with van der Waals surface area (Å²) < 4.78 is 2.00. The van der Waals surface area contributed by atoms with Crippen molar-refractivity contribution in [1.82, 2.24) is 9.78 Å². The number of primary amides is 1. The fraction of sp³-hybridized carbons (Fsp3) is 0.111. The van der Waals surface area contributed by atoms with Gasteiger partial charge in [-0.25, -0.2) is 4.79 Å². The number of nitrogens with zero attached hydrogens (tertiary/aromatic N) is 2. The van der Waals surface area contributed by atoms with Crippen LogP contribution in [0.2, 0.25) is 0 Å². The molecule has 1 amide bonds. The first-order valence-electron chi connectivity index (χ1n) is 3.96. The number of aryl methyl sites for hydroxylation is 1. The highest BCUT2D eigenvalue weighted by molar-refractivity contribution is 9.10. The van der Waals surface area contributed by atoms with Crippen molar-refractivity contribution in [3.63, 3.8) is 0 Å². The number of rotatable bonds is 0. The second kappa shape index (κ2) is 3.09. The quantitative estimate of drug-likeness (QED) is 0.778. The van der Waals surface area contributed by atoms with Crippen molar-refractivity contribution in [2.45, 2.75) is 6.92 Å². The van der Waals surface area contributed by atoms with Gasteiger partial charge in [-0.05, 0) is 25.1 Å². The summed E-state index contributed by atoms with van der Waals surface area (Å²) in [4.78, 5) is 11.0. The van der Waals surface area contributed by atoms with Crippen LogP contribution in [0.4, 0.5) is 4.79 Å². The van der Waals surface area contributed by atoms with Gasteiger partial charge in [0, 0.05) is 9.86 Å². The average Bonchev–Trinajstić information content (AvgIpc) is 2.44. The Kier molecular flexibility index (Phi) is 2.03. The average molecular weight is 253 g/mol. The van der Waals surface area contributed by atoms with Crippen molar-refractivity contribution in [2.75, 3.05) is 0 Å². The largest absolute Gasteiger partial charge is 0.350 e. The van der Waals surface area contributed by atoms with Crippen LogP contribution in [0.1, 0.15) is 5.69 Å². The molecule has 0 aliphatic carbocycles. The Morgan fingerprint density at radius 3 is 3.07 bits per heavy atom. The number of aromatic nitrogens is 2. The lowest BCUT2D eigenvalue weighted by Gasteiger charge is -1.95. The van der Waals surface area contributed by atoms with Crippen LogP contribution in [-0.4, -0.2) is 15.8 Å². The van der Waals surface area contributed by atoms with Crippen LogP contribution in [0.15, 0.2) is 16.6 Å². The molecule has 0 unspecified atom stereocenters.